The highest BCUT2D eigenvalue weighted by molar-refractivity contribution is 6.14. The zero-order chi connectivity index (χ0) is 18.0. The lowest BCUT2D eigenvalue weighted by molar-refractivity contribution is 0.0596. The summed E-state index contributed by atoms with van der Waals surface area (Å²) in [7, 11) is 2.83. The molecule has 3 aromatic rings. The van der Waals surface area contributed by atoms with Crippen molar-refractivity contribution in [2.24, 2.45) is 0 Å². The number of benzene rings is 2. The van der Waals surface area contributed by atoms with Crippen molar-refractivity contribution in [1.29, 1.82) is 0 Å². The molecule has 6 nitrogen and oxygen atoms in total. The van der Waals surface area contributed by atoms with Crippen LogP contribution in [-0.4, -0.2) is 31.1 Å². The van der Waals surface area contributed by atoms with E-state index in [4.69, 9.17) is 9.47 Å². The molecule has 2 N–H and O–H groups in total. The third-order valence-electron chi connectivity index (χ3n) is 3.91. The number of nitrogens with one attached hydrogen (secondary N) is 2. The summed E-state index contributed by atoms with van der Waals surface area (Å²) in [6.07, 6.45) is 0. The predicted molar refractivity (Wildman–Crippen MR) is 95.3 cm³/mol. The maximum atomic E-state index is 12.6. The Kier molecular flexibility index (Phi) is 4.43. The van der Waals surface area contributed by atoms with Crippen molar-refractivity contribution in [2.45, 2.75) is 6.92 Å². The SMILES string of the molecule is COC(=O)c1[nH]c2ccc(C)cc2c1NC(=O)c1cccc(OC)c1. The highest BCUT2D eigenvalue weighted by Crippen LogP contribution is 2.30. The molecule has 0 aliphatic heterocycles. The van der Waals surface area contributed by atoms with Gasteiger partial charge in [-0.2, -0.15) is 0 Å². The quantitative estimate of drug-likeness (QED) is 0.713. The van der Waals surface area contributed by atoms with E-state index in [1.165, 1.54) is 14.2 Å². The highest BCUT2D eigenvalue weighted by atomic mass is 16.5. The number of hydrogen-bond donors (Lipinski definition) is 2. The molecular formula is C19H18N2O4. The van der Waals surface area contributed by atoms with Gasteiger partial charge in [-0.1, -0.05) is 17.7 Å². The van der Waals surface area contributed by atoms with E-state index < -0.39 is 5.97 Å². The molecule has 0 aliphatic carbocycles. The van der Waals surface area contributed by atoms with Crippen LogP contribution in [0, 0.1) is 6.92 Å². The largest absolute Gasteiger partial charge is 0.497 e. The van der Waals surface area contributed by atoms with E-state index in [1.807, 2.05) is 25.1 Å². The van der Waals surface area contributed by atoms with E-state index in [-0.39, 0.29) is 11.6 Å². The number of carbonyl (C=O) groups excluding carboxylic acids is 2. The molecule has 1 amide bonds. The fourth-order valence-corrected chi connectivity index (χ4v) is 2.64. The van der Waals surface area contributed by atoms with Crippen molar-refractivity contribution < 1.29 is 19.1 Å². The van der Waals surface area contributed by atoms with E-state index in [9.17, 15) is 9.59 Å². The van der Waals surface area contributed by atoms with Gasteiger partial charge in [0.25, 0.3) is 5.91 Å². The Morgan fingerprint density at radius 2 is 1.88 bits per heavy atom. The van der Waals surface area contributed by atoms with Crippen LogP contribution >= 0.6 is 0 Å². The fourth-order valence-electron chi connectivity index (χ4n) is 2.64. The average Bonchev–Trinajstić information content (AvgIpc) is 2.98. The van der Waals surface area contributed by atoms with Crippen molar-refractivity contribution in [3.8, 4) is 5.75 Å². The minimum atomic E-state index is -0.546. The van der Waals surface area contributed by atoms with Gasteiger partial charge in [-0.3, -0.25) is 4.79 Å². The smallest absolute Gasteiger partial charge is 0.356 e. The van der Waals surface area contributed by atoms with Gasteiger partial charge in [-0.25, -0.2) is 4.79 Å². The van der Waals surface area contributed by atoms with Gasteiger partial charge in [0, 0.05) is 16.5 Å². The van der Waals surface area contributed by atoms with Crippen LogP contribution in [0.1, 0.15) is 26.4 Å². The summed E-state index contributed by atoms with van der Waals surface area (Å²) in [6, 6.07) is 12.5. The number of aromatic nitrogens is 1. The van der Waals surface area contributed by atoms with Gasteiger partial charge in [0.15, 0.2) is 0 Å². The molecule has 0 bridgehead atoms. The van der Waals surface area contributed by atoms with E-state index in [0.717, 1.165) is 16.5 Å². The summed E-state index contributed by atoms with van der Waals surface area (Å²) < 4.78 is 9.96. The van der Waals surface area contributed by atoms with Crippen LogP contribution in [0.15, 0.2) is 42.5 Å². The molecule has 0 saturated carbocycles. The zero-order valence-corrected chi connectivity index (χ0v) is 14.2. The first-order chi connectivity index (χ1) is 12.0. The van der Waals surface area contributed by atoms with Gasteiger partial charge in [-0.15, -0.1) is 0 Å². The van der Waals surface area contributed by atoms with Crippen molar-refractivity contribution in [3.05, 3.63) is 59.3 Å². The van der Waals surface area contributed by atoms with E-state index in [0.29, 0.717) is 17.0 Å². The summed E-state index contributed by atoms with van der Waals surface area (Å²) in [4.78, 5) is 27.7. The number of esters is 1. The lowest BCUT2D eigenvalue weighted by Crippen LogP contribution is -2.15. The second-order valence-corrected chi connectivity index (χ2v) is 5.60. The lowest BCUT2D eigenvalue weighted by atomic mass is 10.1. The van der Waals surface area contributed by atoms with E-state index >= 15 is 0 Å². The van der Waals surface area contributed by atoms with Gasteiger partial charge in [0.05, 0.1) is 19.9 Å². The van der Waals surface area contributed by atoms with Crippen LogP contribution in [-0.2, 0) is 4.74 Å². The second-order valence-electron chi connectivity index (χ2n) is 5.60. The predicted octanol–water partition coefficient (Wildman–Crippen LogP) is 3.52. The molecule has 1 aromatic heterocycles. The third kappa shape index (κ3) is 3.19. The summed E-state index contributed by atoms with van der Waals surface area (Å²) in [6.45, 7) is 1.94. The number of H-pyrrole nitrogens is 1. The van der Waals surface area contributed by atoms with Gasteiger partial charge in [-0.05, 0) is 37.3 Å². The number of rotatable bonds is 4. The standard InChI is InChI=1S/C19H18N2O4/c1-11-7-8-15-14(9-11)16(17(20-15)19(23)25-3)21-18(22)12-5-4-6-13(10-12)24-2/h4-10,20H,1-3H3,(H,21,22). The Bertz CT molecular complexity index is 959. The maximum absolute atomic E-state index is 12.6. The number of aromatic amines is 1. The number of carbonyl (C=O) groups is 2. The Balaban J connectivity index is 2.05. The van der Waals surface area contributed by atoms with Crippen LogP contribution in [0.5, 0.6) is 5.75 Å². The Labute approximate surface area is 144 Å². The first kappa shape index (κ1) is 16.6. The van der Waals surface area contributed by atoms with Crippen molar-refractivity contribution in [2.75, 3.05) is 19.5 Å². The van der Waals surface area contributed by atoms with Crippen LogP contribution in [0.3, 0.4) is 0 Å². The van der Waals surface area contributed by atoms with Crippen molar-refractivity contribution in [1.82, 2.24) is 4.98 Å². The van der Waals surface area contributed by atoms with E-state index in [1.54, 1.807) is 24.3 Å². The van der Waals surface area contributed by atoms with Crippen LogP contribution in [0.25, 0.3) is 10.9 Å². The number of hydrogen-bond acceptors (Lipinski definition) is 4. The summed E-state index contributed by atoms with van der Waals surface area (Å²) in [5.41, 5.74) is 2.79. The Morgan fingerprint density at radius 3 is 2.60 bits per heavy atom. The molecule has 0 atom stereocenters. The number of anilines is 1. The topological polar surface area (TPSA) is 80.4 Å². The van der Waals surface area contributed by atoms with Crippen LogP contribution < -0.4 is 10.1 Å². The minimum absolute atomic E-state index is 0.208. The summed E-state index contributed by atoms with van der Waals surface area (Å²) >= 11 is 0. The Morgan fingerprint density at radius 1 is 1.08 bits per heavy atom. The maximum Gasteiger partial charge on any atom is 0.356 e. The number of methoxy groups -OCH3 is 2. The number of amides is 1. The number of aryl methyl sites for hydroxylation is 1. The molecule has 2 aromatic carbocycles. The normalized spacial score (nSPS) is 10.5. The third-order valence-corrected chi connectivity index (χ3v) is 3.91. The van der Waals surface area contributed by atoms with Crippen LogP contribution in [0.2, 0.25) is 0 Å². The molecule has 1 heterocycles. The van der Waals surface area contributed by atoms with Gasteiger partial charge >= 0.3 is 5.97 Å². The highest BCUT2D eigenvalue weighted by Gasteiger charge is 2.21. The van der Waals surface area contributed by atoms with Gasteiger partial charge < -0.3 is 19.8 Å². The van der Waals surface area contributed by atoms with E-state index in [2.05, 4.69) is 10.3 Å². The molecule has 25 heavy (non-hydrogen) atoms. The van der Waals surface area contributed by atoms with Gasteiger partial charge in [0.2, 0.25) is 0 Å². The first-order valence-corrected chi connectivity index (χ1v) is 7.69. The molecule has 0 unspecified atom stereocenters. The molecule has 0 spiro atoms. The molecule has 128 valence electrons. The average molecular weight is 338 g/mol. The number of ether oxygens (including phenoxy) is 2. The Hall–Kier alpha value is -3.28. The molecular weight excluding hydrogens is 320 g/mol. The number of fused-ring (bicyclic) bond motifs is 1. The van der Waals surface area contributed by atoms with Crippen molar-refractivity contribution >= 4 is 28.5 Å². The molecule has 6 heteroatoms. The second kappa shape index (κ2) is 6.68. The fraction of sp³-hybridized carbons (Fsp3) is 0.158. The van der Waals surface area contributed by atoms with Gasteiger partial charge in [0.1, 0.15) is 11.4 Å². The molecule has 3 rings (SSSR count). The zero-order valence-electron chi connectivity index (χ0n) is 14.2. The molecule has 0 fully saturated rings. The summed E-state index contributed by atoms with van der Waals surface area (Å²) in [5.74, 6) is -0.308. The molecule has 0 radical (unpaired) electrons. The van der Waals surface area contributed by atoms with Crippen LogP contribution in [0.4, 0.5) is 5.69 Å². The minimum Gasteiger partial charge on any atom is -0.497 e. The van der Waals surface area contributed by atoms with Crippen molar-refractivity contribution in [3.63, 3.8) is 0 Å². The monoisotopic (exact) mass is 338 g/mol. The molecule has 0 aliphatic rings. The molecule has 0 saturated heterocycles. The first-order valence-electron chi connectivity index (χ1n) is 7.69. The lowest BCUT2D eigenvalue weighted by Gasteiger charge is -2.08. The summed E-state index contributed by atoms with van der Waals surface area (Å²) in [5, 5.41) is 3.56.